The van der Waals surface area contributed by atoms with Gasteiger partial charge in [0.1, 0.15) is 0 Å². The van der Waals surface area contributed by atoms with Crippen LogP contribution in [-0.2, 0) is 4.99 Å². The molecule has 0 aliphatic heterocycles. The van der Waals surface area contributed by atoms with Crippen LogP contribution < -0.4 is 10.8 Å². The van der Waals surface area contributed by atoms with Crippen molar-refractivity contribution in [3.63, 3.8) is 0 Å². The zero-order chi connectivity index (χ0) is 17.8. The molecule has 0 spiro atoms. The Morgan fingerprint density at radius 2 is 2.00 bits per heavy atom. The predicted molar refractivity (Wildman–Crippen MR) is 107 cm³/mol. The topological polar surface area (TPSA) is 83.5 Å². The summed E-state index contributed by atoms with van der Waals surface area (Å²) in [6, 6.07) is 13.1. The highest BCUT2D eigenvalue weighted by atomic mass is 127. The van der Waals surface area contributed by atoms with Gasteiger partial charge in [0.2, 0.25) is 0 Å². The highest BCUT2D eigenvalue weighted by Gasteiger charge is 2.14. The molecule has 0 bridgehead atoms. The van der Waals surface area contributed by atoms with E-state index in [9.17, 15) is 4.79 Å². The fourth-order valence-electron chi connectivity index (χ4n) is 2.17. The minimum atomic E-state index is -0.282. The number of halogens is 1. The van der Waals surface area contributed by atoms with Gasteiger partial charge in [0.25, 0.3) is 5.91 Å². The fourth-order valence-corrected chi connectivity index (χ4v) is 3.46. The summed E-state index contributed by atoms with van der Waals surface area (Å²) in [5.41, 5.74) is 6.21. The van der Waals surface area contributed by atoms with E-state index in [0.717, 1.165) is 14.8 Å². The predicted octanol–water partition coefficient (Wildman–Crippen LogP) is 4.79. The van der Waals surface area contributed by atoms with E-state index in [2.05, 4.69) is 43.4 Å². The van der Waals surface area contributed by atoms with Crippen LogP contribution in [0.4, 0.5) is 10.8 Å². The second kappa shape index (κ2) is 7.91. The van der Waals surface area contributed by atoms with E-state index >= 15 is 0 Å². The van der Waals surface area contributed by atoms with Crippen LogP contribution in [-0.4, -0.2) is 16.1 Å². The van der Waals surface area contributed by atoms with Crippen molar-refractivity contribution in [3.8, 4) is 11.3 Å². The number of anilines is 2. The average molecular weight is 467 g/mol. The van der Waals surface area contributed by atoms with Gasteiger partial charge in [-0.05, 0) is 47.7 Å². The summed E-state index contributed by atoms with van der Waals surface area (Å²) in [7, 11) is 0. The van der Waals surface area contributed by atoms with E-state index in [1.54, 1.807) is 18.2 Å². The average Bonchev–Trinajstić information content (AvgIpc) is 3.06. The van der Waals surface area contributed by atoms with E-state index < -0.39 is 0 Å². The number of carbonyl (C=O) groups excluding carboxylic acids is 1. The first-order valence-corrected chi connectivity index (χ1v) is 9.22. The second-order valence-electron chi connectivity index (χ2n) is 5.25. The highest BCUT2D eigenvalue weighted by molar-refractivity contribution is 14.1. The molecule has 0 unspecified atom stereocenters. The lowest BCUT2D eigenvalue weighted by Gasteiger charge is -2.07. The number of nitrogens with one attached hydrogen (secondary N) is 2. The van der Waals surface area contributed by atoms with Gasteiger partial charge in [-0.3, -0.25) is 10.1 Å². The Hall–Kier alpha value is -2.01. The number of amides is 1. The van der Waals surface area contributed by atoms with Crippen molar-refractivity contribution in [2.75, 3.05) is 10.8 Å². The maximum atomic E-state index is 12.5. The van der Waals surface area contributed by atoms with Crippen LogP contribution in [0.2, 0.25) is 0 Å². The summed E-state index contributed by atoms with van der Waals surface area (Å²) in [4.78, 5) is 20.9. The van der Waals surface area contributed by atoms with E-state index in [-0.39, 0.29) is 5.91 Å². The van der Waals surface area contributed by atoms with E-state index in [1.165, 1.54) is 16.9 Å². The Morgan fingerprint density at radius 1 is 1.24 bits per heavy atom. The number of hydrogen-bond acceptors (Lipinski definition) is 6. The van der Waals surface area contributed by atoms with E-state index in [0.29, 0.717) is 16.4 Å². The second-order valence-corrected chi connectivity index (χ2v) is 7.27. The Kier molecular flexibility index (Phi) is 5.63. The number of benzene rings is 2. The van der Waals surface area contributed by atoms with E-state index in [1.807, 2.05) is 36.6 Å². The van der Waals surface area contributed by atoms with Crippen LogP contribution in [0.5, 0.6) is 0 Å². The molecule has 0 aliphatic rings. The third kappa shape index (κ3) is 4.34. The summed E-state index contributed by atoms with van der Waals surface area (Å²) in [6.07, 6.45) is 0. The lowest BCUT2D eigenvalue weighted by atomic mass is 10.1. The van der Waals surface area contributed by atoms with Gasteiger partial charge >= 0.3 is 0 Å². The Bertz CT molecular complexity index is 896. The number of aryl methyl sites for hydroxylation is 1. The first kappa shape index (κ1) is 17.8. The highest BCUT2D eigenvalue weighted by Crippen LogP contribution is 2.26. The molecule has 0 saturated carbocycles. The van der Waals surface area contributed by atoms with Gasteiger partial charge in [0, 0.05) is 14.5 Å². The summed E-state index contributed by atoms with van der Waals surface area (Å²) in [5, 5.41) is 13.7. The Labute approximate surface area is 161 Å². The zero-order valence-corrected chi connectivity index (χ0v) is 16.1. The molecular weight excluding hydrogens is 453 g/mol. The van der Waals surface area contributed by atoms with Crippen molar-refractivity contribution in [3.05, 3.63) is 62.5 Å². The number of hydrogen-bond donors (Lipinski definition) is 3. The monoisotopic (exact) mass is 467 g/mol. The van der Waals surface area contributed by atoms with Gasteiger partial charge in [-0.1, -0.05) is 29.8 Å². The molecule has 2 aromatic carbocycles. The number of carbonyl (C=O) groups is 1. The van der Waals surface area contributed by atoms with Crippen molar-refractivity contribution in [2.24, 2.45) is 0 Å². The first-order chi connectivity index (χ1) is 12.1. The normalized spacial score (nSPS) is 10.5. The van der Waals surface area contributed by atoms with Crippen molar-refractivity contribution in [1.29, 1.82) is 0 Å². The number of rotatable bonds is 5. The molecule has 1 aromatic heterocycles. The lowest BCUT2D eigenvalue weighted by molar-refractivity contribution is -0.215. The molecule has 6 nitrogen and oxygen atoms in total. The maximum absolute atomic E-state index is 12.5. The first-order valence-electron chi connectivity index (χ1n) is 7.26. The summed E-state index contributed by atoms with van der Waals surface area (Å²) < 4.78 is 0.772. The van der Waals surface area contributed by atoms with Gasteiger partial charge in [0.15, 0.2) is 5.13 Å². The third-order valence-electron chi connectivity index (χ3n) is 3.45. The van der Waals surface area contributed by atoms with Crippen molar-refractivity contribution in [2.45, 2.75) is 6.92 Å². The maximum Gasteiger partial charge on any atom is 0.258 e. The Morgan fingerprint density at radius 3 is 2.72 bits per heavy atom. The molecule has 0 aliphatic carbocycles. The molecule has 128 valence electrons. The fraction of sp³-hybridized carbons (Fsp3) is 0.0588. The molecule has 8 heteroatoms. The molecule has 0 saturated heterocycles. The van der Waals surface area contributed by atoms with Gasteiger partial charge in [-0.15, -0.1) is 16.3 Å². The quantitative estimate of drug-likeness (QED) is 0.286. The molecule has 0 fully saturated rings. The van der Waals surface area contributed by atoms with Crippen molar-refractivity contribution in [1.82, 2.24) is 4.98 Å². The molecular formula is C17H14IN3O3S. The van der Waals surface area contributed by atoms with Crippen LogP contribution in [0.25, 0.3) is 11.3 Å². The van der Waals surface area contributed by atoms with Crippen LogP contribution in [0, 0.1) is 10.5 Å². The number of nitrogens with zero attached hydrogens (tertiary/aromatic N) is 1. The van der Waals surface area contributed by atoms with Crippen molar-refractivity contribution >= 4 is 50.7 Å². The molecule has 0 radical (unpaired) electrons. The molecule has 3 rings (SSSR count). The number of aromatic nitrogens is 1. The molecule has 25 heavy (non-hydrogen) atoms. The van der Waals surface area contributed by atoms with Gasteiger partial charge < -0.3 is 0 Å². The van der Waals surface area contributed by atoms with Crippen LogP contribution in [0.3, 0.4) is 0 Å². The molecule has 0 atom stereocenters. The molecule has 3 N–H and O–H groups in total. The summed E-state index contributed by atoms with van der Waals surface area (Å²) in [5.74, 6) is -0.282. The summed E-state index contributed by atoms with van der Waals surface area (Å²) >= 11 is 3.44. The SMILES string of the molecule is Cc1ccc(-c2csc(NC(=O)c3cc(NOO)ccc3I)n2)cc1. The molecule has 3 aromatic rings. The van der Waals surface area contributed by atoms with Gasteiger partial charge in [0.05, 0.1) is 16.9 Å². The van der Waals surface area contributed by atoms with Crippen LogP contribution >= 0.6 is 33.9 Å². The Balaban J connectivity index is 1.78. The third-order valence-corrected chi connectivity index (χ3v) is 5.14. The number of thiazole rings is 1. The zero-order valence-electron chi connectivity index (χ0n) is 13.1. The minimum absolute atomic E-state index is 0.282. The largest absolute Gasteiger partial charge is 0.298 e. The van der Waals surface area contributed by atoms with Crippen LogP contribution in [0.1, 0.15) is 15.9 Å². The molecule has 1 heterocycles. The van der Waals surface area contributed by atoms with Crippen molar-refractivity contribution < 1.29 is 15.0 Å². The van der Waals surface area contributed by atoms with Gasteiger partial charge in [-0.25, -0.2) is 15.7 Å². The van der Waals surface area contributed by atoms with Crippen LogP contribution in [0.15, 0.2) is 47.8 Å². The van der Waals surface area contributed by atoms with Gasteiger partial charge in [-0.2, -0.15) is 0 Å². The summed E-state index contributed by atoms with van der Waals surface area (Å²) in [6.45, 7) is 2.03. The smallest absolute Gasteiger partial charge is 0.258 e. The molecule has 1 amide bonds. The minimum Gasteiger partial charge on any atom is -0.298 e. The standard InChI is InChI=1S/C17H14IN3O3S/c1-10-2-4-11(5-3-10)15-9-25-17(19-15)20-16(22)13-8-12(21-24-23)6-7-14(13)18/h2-9,21,23H,1H3,(H,19,20,22). The lowest BCUT2D eigenvalue weighted by Crippen LogP contribution is -2.14. The van der Waals surface area contributed by atoms with E-state index in [4.69, 9.17) is 5.26 Å².